The quantitative estimate of drug-likeness (QED) is 0.665. The molecule has 0 aromatic heterocycles. The summed E-state index contributed by atoms with van der Waals surface area (Å²) >= 11 is 1.90. The topological polar surface area (TPSA) is 41.6 Å². The van der Waals surface area contributed by atoms with E-state index in [9.17, 15) is 13.2 Å². The fourth-order valence-corrected chi connectivity index (χ4v) is 4.19. The maximum absolute atomic E-state index is 13.0. The zero-order valence-corrected chi connectivity index (χ0v) is 14.3. The molecule has 3 nitrogen and oxygen atoms in total. The number of nitrogens with two attached hydrogens (primary N) is 1. The van der Waals surface area contributed by atoms with E-state index in [-0.39, 0.29) is 5.41 Å². The van der Waals surface area contributed by atoms with Crippen molar-refractivity contribution in [2.24, 2.45) is 10.7 Å². The predicted molar refractivity (Wildman–Crippen MR) is 92.4 cm³/mol. The van der Waals surface area contributed by atoms with Crippen LogP contribution >= 0.6 is 11.8 Å². The van der Waals surface area contributed by atoms with E-state index in [4.69, 9.17) is 5.73 Å². The summed E-state index contributed by atoms with van der Waals surface area (Å²) in [4.78, 5) is 6.60. The van der Waals surface area contributed by atoms with Gasteiger partial charge >= 0.3 is 6.18 Å². The van der Waals surface area contributed by atoms with Gasteiger partial charge in [-0.3, -0.25) is 4.99 Å². The van der Waals surface area contributed by atoms with Crippen LogP contribution in [-0.4, -0.2) is 42.0 Å². The summed E-state index contributed by atoms with van der Waals surface area (Å²) in [6, 6.07) is 5.69. The highest BCUT2D eigenvalue weighted by atomic mass is 32.2. The predicted octanol–water partition coefficient (Wildman–Crippen LogP) is 3.49. The molecule has 1 aromatic carbocycles. The molecule has 132 valence electrons. The average molecular weight is 357 g/mol. The first-order valence-corrected chi connectivity index (χ1v) is 9.37. The van der Waals surface area contributed by atoms with Crippen LogP contribution < -0.4 is 5.73 Å². The highest BCUT2D eigenvalue weighted by Crippen LogP contribution is 2.45. The highest BCUT2D eigenvalue weighted by molar-refractivity contribution is 7.99. The van der Waals surface area contributed by atoms with Crippen molar-refractivity contribution < 1.29 is 13.2 Å². The highest BCUT2D eigenvalue weighted by Gasteiger charge is 2.40. The van der Waals surface area contributed by atoms with Crippen LogP contribution in [0, 0.1) is 0 Å². The average Bonchev–Trinajstić information content (AvgIpc) is 2.54. The molecule has 0 bridgehead atoms. The van der Waals surface area contributed by atoms with Crippen LogP contribution in [0.2, 0.25) is 0 Å². The zero-order chi connectivity index (χ0) is 17.2. The normalized spacial score (nSPS) is 21.5. The standard InChI is InChI=1S/C17H22F3N3S/c18-17(19,20)14-4-1-3-13(11-14)16(5-2-6-16)12-22-15(21)23-7-9-24-10-8-23/h1,3-4,11H,2,5-10,12H2,(H2,21,22). The van der Waals surface area contributed by atoms with Gasteiger partial charge in [-0.2, -0.15) is 24.9 Å². The third-order valence-corrected chi connectivity index (χ3v) is 5.93. The molecule has 1 aliphatic carbocycles. The molecule has 0 spiro atoms. The number of hydrogen-bond acceptors (Lipinski definition) is 2. The smallest absolute Gasteiger partial charge is 0.370 e. The van der Waals surface area contributed by atoms with Gasteiger partial charge in [-0.1, -0.05) is 24.6 Å². The molecule has 1 saturated carbocycles. The van der Waals surface area contributed by atoms with E-state index in [1.165, 1.54) is 12.1 Å². The molecule has 2 fully saturated rings. The van der Waals surface area contributed by atoms with Gasteiger partial charge in [-0.15, -0.1) is 0 Å². The molecule has 1 aliphatic heterocycles. The summed E-state index contributed by atoms with van der Waals surface area (Å²) in [5, 5.41) is 0. The second-order valence-corrected chi connectivity index (χ2v) is 7.71. The van der Waals surface area contributed by atoms with Gasteiger partial charge in [0.15, 0.2) is 5.96 Å². The van der Waals surface area contributed by atoms with E-state index in [0.717, 1.165) is 55.5 Å². The maximum Gasteiger partial charge on any atom is 0.416 e. The summed E-state index contributed by atoms with van der Waals surface area (Å²) in [5.41, 5.74) is 5.95. The molecule has 7 heteroatoms. The fourth-order valence-electron chi connectivity index (χ4n) is 3.29. The third-order valence-electron chi connectivity index (χ3n) is 4.99. The molecule has 0 unspecified atom stereocenters. The van der Waals surface area contributed by atoms with Gasteiger partial charge in [0.25, 0.3) is 0 Å². The minimum Gasteiger partial charge on any atom is -0.370 e. The van der Waals surface area contributed by atoms with E-state index < -0.39 is 11.7 Å². The Morgan fingerprint density at radius 2 is 1.96 bits per heavy atom. The van der Waals surface area contributed by atoms with Crippen LogP contribution in [0.1, 0.15) is 30.4 Å². The SMILES string of the molecule is NC(=NCC1(c2cccc(C(F)(F)F)c2)CCC1)N1CCSCC1. The number of guanidine groups is 1. The lowest BCUT2D eigenvalue weighted by atomic mass is 9.64. The molecular formula is C17H22F3N3S. The van der Waals surface area contributed by atoms with Crippen LogP contribution in [0.25, 0.3) is 0 Å². The molecule has 1 heterocycles. The molecule has 0 radical (unpaired) electrons. The van der Waals surface area contributed by atoms with E-state index in [2.05, 4.69) is 9.89 Å². The minimum absolute atomic E-state index is 0.295. The van der Waals surface area contributed by atoms with Crippen LogP contribution in [0.4, 0.5) is 13.2 Å². The van der Waals surface area contributed by atoms with Crippen LogP contribution in [0.15, 0.2) is 29.3 Å². The largest absolute Gasteiger partial charge is 0.416 e. The number of rotatable bonds is 3. The summed E-state index contributed by atoms with van der Waals surface area (Å²) in [6.45, 7) is 2.23. The zero-order valence-electron chi connectivity index (χ0n) is 13.5. The van der Waals surface area contributed by atoms with E-state index in [1.54, 1.807) is 6.07 Å². The Bertz CT molecular complexity index is 605. The number of nitrogens with zero attached hydrogens (tertiary/aromatic N) is 2. The molecule has 0 amide bonds. The van der Waals surface area contributed by atoms with Gasteiger partial charge in [-0.05, 0) is 24.5 Å². The van der Waals surface area contributed by atoms with Crippen molar-refractivity contribution in [3.05, 3.63) is 35.4 Å². The molecule has 24 heavy (non-hydrogen) atoms. The first kappa shape index (κ1) is 17.5. The summed E-state index contributed by atoms with van der Waals surface area (Å²) in [7, 11) is 0. The van der Waals surface area contributed by atoms with Crippen molar-refractivity contribution in [1.29, 1.82) is 0 Å². The monoisotopic (exact) mass is 357 g/mol. The van der Waals surface area contributed by atoms with Crippen molar-refractivity contribution in [2.75, 3.05) is 31.1 Å². The van der Waals surface area contributed by atoms with Gasteiger partial charge in [0.2, 0.25) is 0 Å². The molecule has 0 atom stereocenters. The second kappa shape index (κ2) is 6.86. The lowest BCUT2D eigenvalue weighted by Crippen LogP contribution is -2.44. The Labute approximate surface area is 144 Å². The van der Waals surface area contributed by atoms with E-state index >= 15 is 0 Å². The second-order valence-electron chi connectivity index (χ2n) is 6.49. The molecule has 3 rings (SSSR count). The maximum atomic E-state index is 13.0. The summed E-state index contributed by atoms with van der Waals surface area (Å²) in [6.07, 6.45) is -1.57. The first-order chi connectivity index (χ1) is 11.4. The molecule has 1 saturated heterocycles. The van der Waals surface area contributed by atoms with Gasteiger partial charge in [0.05, 0.1) is 12.1 Å². The Morgan fingerprint density at radius 3 is 2.54 bits per heavy atom. The van der Waals surface area contributed by atoms with Gasteiger partial charge in [-0.25, -0.2) is 0 Å². The summed E-state index contributed by atoms with van der Waals surface area (Å²) in [5.74, 6) is 2.60. The fraction of sp³-hybridized carbons (Fsp3) is 0.588. The molecule has 2 aliphatic rings. The molecule has 2 N–H and O–H groups in total. The van der Waals surface area contributed by atoms with Gasteiger partial charge in [0, 0.05) is 30.0 Å². The van der Waals surface area contributed by atoms with E-state index in [1.807, 2.05) is 11.8 Å². The number of halogens is 3. The number of thioether (sulfide) groups is 1. The lowest BCUT2D eigenvalue weighted by Gasteiger charge is -2.42. The lowest BCUT2D eigenvalue weighted by molar-refractivity contribution is -0.137. The first-order valence-electron chi connectivity index (χ1n) is 8.21. The van der Waals surface area contributed by atoms with Crippen molar-refractivity contribution in [3.63, 3.8) is 0 Å². The Hall–Kier alpha value is -1.37. The number of aliphatic imine (C=N–C) groups is 1. The van der Waals surface area contributed by atoms with Crippen molar-refractivity contribution >= 4 is 17.7 Å². The van der Waals surface area contributed by atoms with Crippen molar-refractivity contribution in [1.82, 2.24) is 4.90 Å². The summed E-state index contributed by atoms with van der Waals surface area (Å²) < 4.78 is 38.9. The molecular weight excluding hydrogens is 335 g/mol. The van der Waals surface area contributed by atoms with E-state index in [0.29, 0.717) is 12.5 Å². The van der Waals surface area contributed by atoms with Crippen molar-refractivity contribution in [3.8, 4) is 0 Å². The van der Waals surface area contributed by atoms with Crippen LogP contribution in [-0.2, 0) is 11.6 Å². The Kier molecular flexibility index (Phi) is 4.99. The number of hydrogen-bond donors (Lipinski definition) is 1. The molecule has 1 aromatic rings. The van der Waals surface area contributed by atoms with Crippen molar-refractivity contribution in [2.45, 2.75) is 30.9 Å². The van der Waals surface area contributed by atoms with Gasteiger partial charge in [0.1, 0.15) is 0 Å². The minimum atomic E-state index is -4.31. The number of alkyl halides is 3. The van der Waals surface area contributed by atoms with Crippen LogP contribution in [0.3, 0.4) is 0 Å². The Morgan fingerprint density at radius 1 is 1.25 bits per heavy atom. The van der Waals surface area contributed by atoms with Gasteiger partial charge < -0.3 is 10.6 Å². The number of benzene rings is 1. The van der Waals surface area contributed by atoms with Crippen LogP contribution in [0.5, 0.6) is 0 Å². The third kappa shape index (κ3) is 3.66. The Balaban J connectivity index is 1.77.